The van der Waals surface area contributed by atoms with Crippen molar-refractivity contribution < 1.29 is 4.74 Å². The van der Waals surface area contributed by atoms with Crippen molar-refractivity contribution in [1.29, 1.82) is 0 Å². The van der Waals surface area contributed by atoms with E-state index in [1.807, 2.05) is 6.92 Å². The number of nitrogens with zero attached hydrogens (tertiary/aromatic N) is 1. The van der Waals surface area contributed by atoms with Crippen LogP contribution in [0.2, 0.25) is 0 Å². The Kier molecular flexibility index (Phi) is 5.21. The first-order valence-electron chi connectivity index (χ1n) is 4.80. The minimum absolute atomic E-state index is 0.257. The standard InChI is InChI=1S/C10H14BrN3O2/c1-7(2)6-16-4-3-12-8-5-13-14-10(15)9(8)11/h5H,1,3-4,6H2,2H3,(H2,12,14,15). The summed E-state index contributed by atoms with van der Waals surface area (Å²) in [7, 11) is 0. The van der Waals surface area contributed by atoms with Gasteiger partial charge >= 0.3 is 0 Å². The molecular formula is C10H14BrN3O2. The molecule has 5 nitrogen and oxygen atoms in total. The van der Waals surface area contributed by atoms with Crippen molar-refractivity contribution >= 4 is 21.6 Å². The van der Waals surface area contributed by atoms with Gasteiger partial charge in [0.25, 0.3) is 5.56 Å². The summed E-state index contributed by atoms with van der Waals surface area (Å²) >= 11 is 3.17. The number of H-pyrrole nitrogens is 1. The van der Waals surface area contributed by atoms with Gasteiger partial charge in [0.2, 0.25) is 0 Å². The number of rotatable bonds is 6. The smallest absolute Gasteiger partial charge is 0.280 e. The predicted octanol–water partition coefficient (Wildman–Crippen LogP) is 1.54. The van der Waals surface area contributed by atoms with Gasteiger partial charge in [0.05, 0.1) is 25.1 Å². The van der Waals surface area contributed by atoms with Crippen LogP contribution in [0.4, 0.5) is 5.69 Å². The van der Waals surface area contributed by atoms with E-state index in [2.05, 4.69) is 38.0 Å². The van der Waals surface area contributed by atoms with Crippen molar-refractivity contribution in [2.75, 3.05) is 25.1 Å². The fourth-order valence-electron chi connectivity index (χ4n) is 1.01. The summed E-state index contributed by atoms with van der Waals surface area (Å²) in [5, 5.41) is 9.05. The maximum atomic E-state index is 11.2. The van der Waals surface area contributed by atoms with Gasteiger partial charge in [-0.05, 0) is 22.9 Å². The number of anilines is 1. The van der Waals surface area contributed by atoms with Crippen LogP contribution in [0.25, 0.3) is 0 Å². The van der Waals surface area contributed by atoms with Gasteiger partial charge in [-0.2, -0.15) is 5.10 Å². The van der Waals surface area contributed by atoms with Crippen molar-refractivity contribution in [3.05, 3.63) is 33.2 Å². The first-order chi connectivity index (χ1) is 7.61. The number of hydrogen-bond donors (Lipinski definition) is 2. The Balaban J connectivity index is 2.35. The third-order valence-corrected chi connectivity index (χ3v) is 2.49. The van der Waals surface area contributed by atoms with E-state index >= 15 is 0 Å². The molecule has 16 heavy (non-hydrogen) atoms. The monoisotopic (exact) mass is 287 g/mol. The van der Waals surface area contributed by atoms with Crippen LogP contribution >= 0.6 is 15.9 Å². The Hall–Kier alpha value is -1.14. The number of hydrogen-bond acceptors (Lipinski definition) is 4. The lowest BCUT2D eigenvalue weighted by Crippen LogP contribution is -2.15. The molecule has 0 atom stereocenters. The van der Waals surface area contributed by atoms with E-state index in [1.54, 1.807) is 6.20 Å². The summed E-state index contributed by atoms with van der Waals surface area (Å²) in [4.78, 5) is 11.2. The van der Waals surface area contributed by atoms with Gasteiger partial charge in [0, 0.05) is 6.54 Å². The van der Waals surface area contributed by atoms with Crippen molar-refractivity contribution in [3.63, 3.8) is 0 Å². The molecule has 0 fully saturated rings. The minimum atomic E-state index is -0.257. The number of aromatic nitrogens is 2. The largest absolute Gasteiger partial charge is 0.380 e. The van der Waals surface area contributed by atoms with Crippen molar-refractivity contribution in [1.82, 2.24) is 10.2 Å². The number of ether oxygens (including phenoxy) is 1. The van der Waals surface area contributed by atoms with Crippen molar-refractivity contribution in [3.8, 4) is 0 Å². The molecule has 1 heterocycles. The molecule has 0 saturated carbocycles. The second-order valence-electron chi connectivity index (χ2n) is 3.36. The zero-order chi connectivity index (χ0) is 12.0. The Morgan fingerprint density at radius 1 is 1.75 bits per heavy atom. The SMILES string of the molecule is C=C(C)COCCNc1cn[nH]c(=O)c1Br. The lowest BCUT2D eigenvalue weighted by Gasteiger charge is -2.07. The second-order valence-corrected chi connectivity index (χ2v) is 4.16. The van der Waals surface area contributed by atoms with Crippen LogP contribution in [0, 0.1) is 0 Å². The van der Waals surface area contributed by atoms with Crippen molar-refractivity contribution in [2.45, 2.75) is 6.92 Å². The van der Waals surface area contributed by atoms with Gasteiger partial charge in [-0.25, -0.2) is 5.10 Å². The van der Waals surface area contributed by atoms with Crippen LogP contribution < -0.4 is 10.9 Å². The van der Waals surface area contributed by atoms with E-state index in [4.69, 9.17) is 4.74 Å². The molecule has 6 heteroatoms. The molecule has 0 aromatic carbocycles. The summed E-state index contributed by atoms with van der Waals surface area (Å²) in [6.45, 7) is 7.34. The van der Waals surface area contributed by atoms with E-state index in [0.717, 1.165) is 5.57 Å². The molecule has 1 rings (SSSR count). The van der Waals surface area contributed by atoms with Gasteiger partial charge in [-0.3, -0.25) is 4.79 Å². The van der Waals surface area contributed by atoms with E-state index in [9.17, 15) is 4.79 Å². The lowest BCUT2D eigenvalue weighted by atomic mass is 10.4. The van der Waals surface area contributed by atoms with Crippen LogP contribution in [-0.4, -0.2) is 30.0 Å². The highest BCUT2D eigenvalue weighted by atomic mass is 79.9. The number of halogens is 1. The topological polar surface area (TPSA) is 67.0 Å². The summed E-state index contributed by atoms with van der Waals surface area (Å²) in [6, 6.07) is 0. The molecule has 0 aliphatic carbocycles. The van der Waals surface area contributed by atoms with E-state index < -0.39 is 0 Å². The fourth-order valence-corrected chi connectivity index (χ4v) is 1.34. The minimum Gasteiger partial charge on any atom is -0.380 e. The van der Waals surface area contributed by atoms with Crippen LogP contribution in [0.15, 0.2) is 27.6 Å². The summed E-state index contributed by atoms with van der Waals surface area (Å²) in [5.74, 6) is 0. The van der Waals surface area contributed by atoms with Crippen LogP contribution in [0.3, 0.4) is 0 Å². The molecule has 0 saturated heterocycles. The first kappa shape index (κ1) is 12.9. The molecule has 2 N–H and O–H groups in total. The molecule has 88 valence electrons. The molecule has 0 bridgehead atoms. The van der Waals surface area contributed by atoms with Gasteiger partial charge in [0.1, 0.15) is 4.47 Å². The molecule has 1 aromatic heterocycles. The summed E-state index contributed by atoms with van der Waals surface area (Å²) in [5.41, 5.74) is 1.38. The van der Waals surface area contributed by atoms with Gasteiger partial charge in [-0.15, -0.1) is 0 Å². The fraction of sp³-hybridized carbons (Fsp3) is 0.400. The molecule has 1 aromatic rings. The van der Waals surface area contributed by atoms with E-state index in [1.165, 1.54) is 0 Å². The molecule has 0 aliphatic rings. The molecule has 0 spiro atoms. The maximum Gasteiger partial charge on any atom is 0.280 e. The Bertz CT molecular complexity index is 417. The summed E-state index contributed by atoms with van der Waals surface area (Å²) in [6.07, 6.45) is 1.55. The highest BCUT2D eigenvalue weighted by Crippen LogP contribution is 2.14. The second kappa shape index (κ2) is 6.44. The highest BCUT2D eigenvalue weighted by molar-refractivity contribution is 9.10. The first-order valence-corrected chi connectivity index (χ1v) is 5.59. The molecule has 0 amide bonds. The summed E-state index contributed by atoms with van der Waals surface area (Å²) < 4.78 is 5.75. The van der Waals surface area contributed by atoms with E-state index in [0.29, 0.717) is 29.9 Å². The van der Waals surface area contributed by atoms with Crippen LogP contribution in [0.1, 0.15) is 6.92 Å². The zero-order valence-corrected chi connectivity index (χ0v) is 10.6. The Labute approximate surface area is 102 Å². The molecular weight excluding hydrogens is 274 g/mol. The quantitative estimate of drug-likeness (QED) is 0.615. The average molecular weight is 288 g/mol. The van der Waals surface area contributed by atoms with Crippen LogP contribution in [-0.2, 0) is 4.74 Å². The third-order valence-electron chi connectivity index (χ3n) is 1.71. The third kappa shape index (κ3) is 4.16. The van der Waals surface area contributed by atoms with E-state index in [-0.39, 0.29) is 5.56 Å². The van der Waals surface area contributed by atoms with Gasteiger partial charge in [-0.1, -0.05) is 12.2 Å². The molecule has 0 aliphatic heterocycles. The number of aromatic amines is 1. The van der Waals surface area contributed by atoms with Gasteiger partial charge < -0.3 is 10.1 Å². The predicted molar refractivity (Wildman–Crippen MR) is 66.7 cm³/mol. The highest BCUT2D eigenvalue weighted by Gasteiger charge is 2.02. The molecule has 0 unspecified atom stereocenters. The van der Waals surface area contributed by atoms with Crippen LogP contribution in [0.5, 0.6) is 0 Å². The maximum absolute atomic E-state index is 11.2. The Morgan fingerprint density at radius 2 is 2.50 bits per heavy atom. The number of nitrogens with one attached hydrogen (secondary N) is 2. The molecule has 0 radical (unpaired) electrons. The average Bonchev–Trinajstić information content (AvgIpc) is 2.23. The normalized spacial score (nSPS) is 10.1. The van der Waals surface area contributed by atoms with Crippen molar-refractivity contribution in [2.24, 2.45) is 0 Å². The zero-order valence-electron chi connectivity index (χ0n) is 9.05. The lowest BCUT2D eigenvalue weighted by molar-refractivity contribution is 0.167. The van der Waals surface area contributed by atoms with Gasteiger partial charge in [0.15, 0.2) is 0 Å². The Morgan fingerprint density at radius 3 is 3.19 bits per heavy atom.